The summed E-state index contributed by atoms with van der Waals surface area (Å²) in [5.74, 6) is -0.631. The Morgan fingerprint density at radius 2 is 1.38 bits per heavy atom. The van der Waals surface area contributed by atoms with Crippen LogP contribution in [0.15, 0.2) is 42.5 Å². The van der Waals surface area contributed by atoms with Gasteiger partial charge in [-0.15, -0.1) is 0 Å². The van der Waals surface area contributed by atoms with Gasteiger partial charge in [-0.1, -0.05) is 74.5 Å². The fourth-order valence-electron chi connectivity index (χ4n) is 5.85. The van der Waals surface area contributed by atoms with Crippen LogP contribution in [0.4, 0.5) is 0 Å². The molecule has 1 saturated heterocycles. The van der Waals surface area contributed by atoms with Crippen molar-refractivity contribution in [3.8, 4) is 0 Å². The zero-order valence-corrected chi connectivity index (χ0v) is 17.5. The zero-order valence-electron chi connectivity index (χ0n) is 16.7. The number of likely N-dealkylation sites (tertiary alicyclic amines) is 1. The van der Waals surface area contributed by atoms with Crippen molar-refractivity contribution in [1.82, 2.24) is 4.90 Å². The van der Waals surface area contributed by atoms with E-state index in [1.165, 1.54) is 36.0 Å². The summed E-state index contributed by atoms with van der Waals surface area (Å²) < 4.78 is 0. The lowest BCUT2D eigenvalue weighted by atomic mass is 9.55. The lowest BCUT2D eigenvalue weighted by molar-refractivity contribution is -0.140. The van der Waals surface area contributed by atoms with Crippen LogP contribution < -0.4 is 0 Å². The van der Waals surface area contributed by atoms with Gasteiger partial charge < -0.3 is 0 Å². The standard InChI is InChI=1S/C25H26ClNO2/c1-2-3-4-5-8-13-27-24(28)22-20-16-9-6-7-10-17(16)21(23(22)25(27)29)19-14-15(26)11-12-18(19)20/h6-7,9-12,14,20-23H,2-5,8,13H2,1H3. The third-order valence-electron chi connectivity index (χ3n) is 7.08. The molecular formula is C25H26ClNO2. The van der Waals surface area contributed by atoms with Crippen LogP contribution in [0.1, 0.15) is 73.1 Å². The van der Waals surface area contributed by atoms with E-state index in [1.807, 2.05) is 24.3 Å². The van der Waals surface area contributed by atoms with Gasteiger partial charge in [0.05, 0.1) is 11.8 Å². The van der Waals surface area contributed by atoms with Crippen molar-refractivity contribution in [2.24, 2.45) is 11.8 Å². The fraction of sp³-hybridized carbons (Fsp3) is 0.440. The van der Waals surface area contributed by atoms with E-state index in [4.69, 9.17) is 11.6 Å². The second kappa shape index (κ2) is 7.28. The molecule has 1 fully saturated rings. The molecule has 4 aliphatic rings. The maximum atomic E-state index is 13.4. The van der Waals surface area contributed by atoms with Crippen molar-refractivity contribution in [2.75, 3.05) is 6.54 Å². The molecule has 4 atom stereocenters. The van der Waals surface area contributed by atoms with E-state index in [0.717, 1.165) is 18.4 Å². The molecule has 0 spiro atoms. The molecule has 29 heavy (non-hydrogen) atoms. The van der Waals surface area contributed by atoms with E-state index >= 15 is 0 Å². The highest BCUT2D eigenvalue weighted by molar-refractivity contribution is 6.30. The molecule has 2 bridgehead atoms. The first-order valence-corrected chi connectivity index (χ1v) is 11.2. The summed E-state index contributed by atoms with van der Waals surface area (Å²) in [4.78, 5) is 28.4. The van der Waals surface area contributed by atoms with Crippen LogP contribution in [-0.2, 0) is 9.59 Å². The maximum Gasteiger partial charge on any atom is 0.234 e. The van der Waals surface area contributed by atoms with Crippen molar-refractivity contribution in [2.45, 2.75) is 50.9 Å². The monoisotopic (exact) mass is 407 g/mol. The molecule has 0 aromatic heterocycles. The number of hydrogen-bond donors (Lipinski definition) is 0. The molecule has 4 unspecified atom stereocenters. The summed E-state index contributed by atoms with van der Waals surface area (Å²) in [5, 5.41) is 0.690. The van der Waals surface area contributed by atoms with Crippen molar-refractivity contribution in [3.05, 3.63) is 69.7 Å². The second-order valence-corrected chi connectivity index (χ2v) is 9.09. The topological polar surface area (TPSA) is 37.4 Å². The Hall–Kier alpha value is -2.13. The van der Waals surface area contributed by atoms with Gasteiger partial charge in [-0.3, -0.25) is 14.5 Å². The Morgan fingerprint density at radius 3 is 2.03 bits per heavy atom. The highest BCUT2D eigenvalue weighted by atomic mass is 35.5. The molecule has 0 saturated carbocycles. The molecular weight excluding hydrogens is 382 g/mol. The van der Waals surface area contributed by atoms with Crippen molar-refractivity contribution < 1.29 is 9.59 Å². The predicted octanol–water partition coefficient (Wildman–Crippen LogP) is 5.50. The molecule has 2 amide bonds. The number of halogens is 1. The number of carbonyl (C=O) groups is 2. The van der Waals surface area contributed by atoms with Crippen LogP contribution in [0.25, 0.3) is 0 Å². The smallest absolute Gasteiger partial charge is 0.234 e. The minimum atomic E-state index is -0.288. The molecule has 2 aromatic rings. The summed E-state index contributed by atoms with van der Waals surface area (Å²) in [5.41, 5.74) is 4.71. The van der Waals surface area contributed by atoms with E-state index < -0.39 is 0 Å². The largest absolute Gasteiger partial charge is 0.282 e. The van der Waals surface area contributed by atoms with Gasteiger partial charge >= 0.3 is 0 Å². The summed E-state index contributed by atoms with van der Waals surface area (Å²) in [7, 11) is 0. The van der Waals surface area contributed by atoms with Crippen LogP contribution in [0.3, 0.4) is 0 Å². The van der Waals surface area contributed by atoms with Crippen LogP contribution >= 0.6 is 11.6 Å². The highest BCUT2D eigenvalue weighted by Gasteiger charge is 2.61. The predicted molar refractivity (Wildman–Crippen MR) is 114 cm³/mol. The van der Waals surface area contributed by atoms with Crippen LogP contribution in [0.2, 0.25) is 5.02 Å². The summed E-state index contributed by atoms with van der Waals surface area (Å²) in [6.45, 7) is 2.75. The molecule has 6 rings (SSSR count). The minimum absolute atomic E-state index is 0.0191. The number of benzene rings is 2. The van der Waals surface area contributed by atoms with Gasteiger partial charge in [0.1, 0.15) is 0 Å². The van der Waals surface area contributed by atoms with Gasteiger partial charge in [0.25, 0.3) is 0 Å². The van der Waals surface area contributed by atoms with E-state index in [0.29, 0.717) is 11.6 Å². The molecule has 150 valence electrons. The third kappa shape index (κ3) is 2.78. The Balaban J connectivity index is 1.52. The summed E-state index contributed by atoms with van der Waals surface area (Å²) in [6.07, 6.45) is 5.54. The number of amides is 2. The van der Waals surface area contributed by atoms with E-state index in [-0.39, 0.29) is 35.5 Å². The van der Waals surface area contributed by atoms with E-state index in [9.17, 15) is 9.59 Å². The molecule has 0 radical (unpaired) electrons. The van der Waals surface area contributed by atoms with Crippen LogP contribution in [0, 0.1) is 11.8 Å². The average Bonchev–Trinajstić information content (AvgIpc) is 2.98. The first-order valence-electron chi connectivity index (χ1n) is 10.9. The first kappa shape index (κ1) is 18.9. The van der Waals surface area contributed by atoms with Crippen LogP contribution in [0.5, 0.6) is 0 Å². The van der Waals surface area contributed by atoms with Gasteiger partial charge in [-0.05, 0) is 40.8 Å². The van der Waals surface area contributed by atoms with Gasteiger partial charge in [-0.2, -0.15) is 0 Å². The van der Waals surface area contributed by atoms with Gasteiger partial charge in [0, 0.05) is 23.4 Å². The Morgan fingerprint density at radius 1 is 0.793 bits per heavy atom. The van der Waals surface area contributed by atoms with Gasteiger partial charge in [-0.25, -0.2) is 0 Å². The summed E-state index contributed by atoms with van der Waals surface area (Å²) >= 11 is 6.33. The zero-order chi connectivity index (χ0) is 20.1. The van der Waals surface area contributed by atoms with Gasteiger partial charge in [0.2, 0.25) is 11.8 Å². The fourth-order valence-corrected chi connectivity index (χ4v) is 6.03. The van der Waals surface area contributed by atoms with E-state index in [1.54, 1.807) is 4.90 Å². The lowest BCUT2D eigenvalue weighted by Gasteiger charge is -2.46. The SMILES string of the molecule is CCCCCCCN1C(=O)C2C3c4ccccc4C(c4cc(Cl)ccc43)C2C1=O. The molecule has 3 aliphatic carbocycles. The molecule has 3 nitrogen and oxygen atoms in total. The highest BCUT2D eigenvalue weighted by Crippen LogP contribution is 2.61. The van der Waals surface area contributed by atoms with Crippen molar-refractivity contribution in [3.63, 3.8) is 0 Å². The number of carbonyl (C=O) groups excluding carboxylic acids is 2. The Labute approximate surface area is 177 Å². The molecule has 4 heteroatoms. The number of imide groups is 1. The normalized spacial score (nSPS) is 26.5. The molecule has 2 aromatic carbocycles. The van der Waals surface area contributed by atoms with Crippen molar-refractivity contribution >= 4 is 23.4 Å². The van der Waals surface area contributed by atoms with Gasteiger partial charge in [0.15, 0.2) is 0 Å². The van der Waals surface area contributed by atoms with Crippen LogP contribution in [-0.4, -0.2) is 23.3 Å². The number of hydrogen-bond acceptors (Lipinski definition) is 2. The molecule has 1 heterocycles. The molecule has 1 aliphatic heterocycles. The minimum Gasteiger partial charge on any atom is -0.282 e. The number of rotatable bonds is 6. The Kier molecular flexibility index (Phi) is 4.74. The Bertz CT molecular complexity index is 985. The first-order chi connectivity index (χ1) is 14.1. The van der Waals surface area contributed by atoms with Crippen molar-refractivity contribution in [1.29, 1.82) is 0 Å². The van der Waals surface area contributed by atoms with E-state index in [2.05, 4.69) is 25.1 Å². The summed E-state index contributed by atoms with van der Waals surface area (Å²) in [6, 6.07) is 14.3. The second-order valence-electron chi connectivity index (χ2n) is 8.65. The third-order valence-corrected chi connectivity index (χ3v) is 7.31. The lowest BCUT2D eigenvalue weighted by Crippen LogP contribution is -2.41. The maximum absolute atomic E-state index is 13.4. The number of unbranched alkanes of at least 4 members (excludes halogenated alkanes) is 4. The average molecular weight is 408 g/mol. The molecule has 0 N–H and O–H groups in total. The number of nitrogens with zero attached hydrogens (tertiary/aromatic N) is 1. The quantitative estimate of drug-likeness (QED) is 0.468.